The van der Waals surface area contributed by atoms with Gasteiger partial charge in [-0.2, -0.15) is 13.2 Å². The lowest BCUT2D eigenvalue weighted by molar-refractivity contribution is -0.154. The summed E-state index contributed by atoms with van der Waals surface area (Å²) in [4.78, 5) is 3.69. The van der Waals surface area contributed by atoms with Gasteiger partial charge in [-0.25, -0.2) is 4.98 Å². The molecule has 3 nitrogen and oxygen atoms in total. The molecule has 0 fully saturated rings. The maximum atomic E-state index is 12.0. The Morgan fingerprint density at radius 2 is 2.11 bits per heavy atom. The molecule has 0 spiro atoms. The number of alkyl halides is 3. The summed E-state index contributed by atoms with van der Waals surface area (Å²) < 4.78 is 40.5. The zero-order chi connectivity index (χ0) is 13.8. The van der Waals surface area contributed by atoms with Gasteiger partial charge >= 0.3 is 6.18 Å². The fourth-order valence-electron chi connectivity index (χ4n) is 1.14. The molecule has 0 unspecified atom stereocenters. The highest BCUT2D eigenvalue weighted by Gasteiger charge is 2.28. The molecule has 1 N–H and O–H groups in total. The average Bonchev–Trinajstić information content (AvgIpc) is 2.25. The predicted molar refractivity (Wildman–Crippen MR) is 62.8 cm³/mol. The molecule has 0 atom stereocenters. The average molecular weight is 283 g/mol. The molecule has 0 aliphatic rings. The summed E-state index contributed by atoms with van der Waals surface area (Å²) in [5.74, 6) is -0.0859. The number of pyridine rings is 1. The zero-order valence-corrected chi connectivity index (χ0v) is 10.8. The van der Waals surface area contributed by atoms with Gasteiger partial charge < -0.3 is 10.1 Å². The number of nitrogens with one attached hydrogen (secondary N) is 1. The summed E-state index contributed by atoms with van der Waals surface area (Å²) >= 11 is 5.89. The van der Waals surface area contributed by atoms with Crippen LogP contribution in [0.5, 0.6) is 5.88 Å². The van der Waals surface area contributed by atoms with E-state index in [1.807, 2.05) is 13.8 Å². The van der Waals surface area contributed by atoms with Crippen molar-refractivity contribution in [2.24, 2.45) is 0 Å². The van der Waals surface area contributed by atoms with Crippen LogP contribution in [0.4, 0.5) is 13.2 Å². The number of ether oxygens (including phenoxy) is 1. The standard InChI is InChI=1S/C11H14ClF3N2O/c1-7(2)16-4-8-3-10(17-5-9(8)12)18-6-11(13,14)15/h3,5,7,16H,4,6H2,1-2H3. The van der Waals surface area contributed by atoms with Gasteiger partial charge in [-0.1, -0.05) is 25.4 Å². The molecule has 102 valence electrons. The SMILES string of the molecule is CC(C)NCc1cc(OCC(F)(F)F)ncc1Cl. The lowest BCUT2D eigenvalue weighted by Gasteiger charge is -2.12. The van der Waals surface area contributed by atoms with Crippen LogP contribution in [-0.2, 0) is 6.54 Å². The quantitative estimate of drug-likeness (QED) is 0.901. The van der Waals surface area contributed by atoms with E-state index >= 15 is 0 Å². The fourth-order valence-corrected chi connectivity index (χ4v) is 1.31. The molecule has 0 aromatic carbocycles. The Balaban J connectivity index is 2.68. The molecule has 1 rings (SSSR count). The van der Waals surface area contributed by atoms with Gasteiger partial charge in [-0.3, -0.25) is 0 Å². The van der Waals surface area contributed by atoms with Crippen LogP contribution in [0.2, 0.25) is 5.02 Å². The number of hydrogen-bond acceptors (Lipinski definition) is 3. The number of hydrogen-bond donors (Lipinski definition) is 1. The maximum absolute atomic E-state index is 12.0. The van der Waals surface area contributed by atoms with E-state index in [4.69, 9.17) is 11.6 Å². The zero-order valence-electron chi connectivity index (χ0n) is 10.0. The van der Waals surface area contributed by atoms with E-state index < -0.39 is 12.8 Å². The van der Waals surface area contributed by atoms with Crippen LogP contribution in [0.15, 0.2) is 12.3 Å². The lowest BCUT2D eigenvalue weighted by atomic mass is 10.2. The molecule has 0 bridgehead atoms. The summed E-state index contributed by atoms with van der Waals surface area (Å²) in [6, 6.07) is 1.65. The molecule has 1 aromatic rings. The molecule has 0 saturated heterocycles. The lowest BCUT2D eigenvalue weighted by Crippen LogP contribution is -2.22. The number of halogens is 4. The molecule has 0 amide bonds. The van der Waals surface area contributed by atoms with E-state index in [1.165, 1.54) is 12.3 Å². The highest BCUT2D eigenvalue weighted by Crippen LogP contribution is 2.21. The van der Waals surface area contributed by atoms with Crippen LogP contribution in [-0.4, -0.2) is 23.8 Å². The Labute approximate surface area is 108 Å². The fraction of sp³-hybridized carbons (Fsp3) is 0.545. The smallest absolute Gasteiger partial charge is 0.422 e. The van der Waals surface area contributed by atoms with E-state index in [0.29, 0.717) is 17.1 Å². The van der Waals surface area contributed by atoms with E-state index in [0.717, 1.165) is 0 Å². The summed E-state index contributed by atoms with van der Waals surface area (Å²) in [6.07, 6.45) is -3.09. The first-order chi connectivity index (χ1) is 8.28. The Hall–Kier alpha value is -1.01. The van der Waals surface area contributed by atoms with Crippen molar-refractivity contribution < 1.29 is 17.9 Å². The van der Waals surface area contributed by atoms with Crippen molar-refractivity contribution in [2.45, 2.75) is 32.6 Å². The second kappa shape index (κ2) is 6.24. The third-order valence-electron chi connectivity index (χ3n) is 1.99. The second-order valence-corrected chi connectivity index (χ2v) is 4.46. The Bertz CT molecular complexity index is 396. The number of aromatic nitrogens is 1. The van der Waals surface area contributed by atoms with Gasteiger partial charge in [0.1, 0.15) is 0 Å². The van der Waals surface area contributed by atoms with Crippen molar-refractivity contribution in [3.8, 4) is 5.88 Å². The minimum absolute atomic E-state index is 0.0859. The van der Waals surface area contributed by atoms with Gasteiger partial charge in [0.2, 0.25) is 5.88 Å². The van der Waals surface area contributed by atoms with Crippen molar-refractivity contribution in [3.63, 3.8) is 0 Å². The van der Waals surface area contributed by atoms with Gasteiger partial charge in [-0.15, -0.1) is 0 Å². The van der Waals surface area contributed by atoms with Gasteiger partial charge in [0.15, 0.2) is 6.61 Å². The van der Waals surface area contributed by atoms with Crippen LogP contribution >= 0.6 is 11.6 Å². The first kappa shape index (κ1) is 15.0. The molecular formula is C11H14ClF3N2O. The number of nitrogens with zero attached hydrogens (tertiary/aromatic N) is 1. The van der Waals surface area contributed by atoms with E-state index in [1.54, 1.807) is 0 Å². The minimum Gasteiger partial charge on any atom is -0.468 e. The molecule has 0 aliphatic carbocycles. The van der Waals surface area contributed by atoms with Crippen molar-refractivity contribution in [3.05, 3.63) is 22.8 Å². The summed E-state index contributed by atoms with van der Waals surface area (Å²) in [6.45, 7) is 2.99. The largest absolute Gasteiger partial charge is 0.468 e. The Kier molecular flexibility index (Phi) is 5.22. The summed E-state index contributed by atoms with van der Waals surface area (Å²) in [5.41, 5.74) is 0.651. The molecule has 0 radical (unpaired) electrons. The third kappa shape index (κ3) is 5.55. The highest BCUT2D eigenvalue weighted by atomic mass is 35.5. The molecule has 1 aromatic heterocycles. The van der Waals surface area contributed by atoms with E-state index in [9.17, 15) is 13.2 Å². The maximum Gasteiger partial charge on any atom is 0.422 e. The molecule has 1 heterocycles. The van der Waals surface area contributed by atoms with Gasteiger partial charge in [0.25, 0.3) is 0 Å². The highest BCUT2D eigenvalue weighted by molar-refractivity contribution is 6.31. The van der Waals surface area contributed by atoms with Crippen LogP contribution in [0.25, 0.3) is 0 Å². The third-order valence-corrected chi connectivity index (χ3v) is 2.33. The molecule has 18 heavy (non-hydrogen) atoms. The molecule has 0 saturated carbocycles. The first-order valence-electron chi connectivity index (χ1n) is 5.35. The Morgan fingerprint density at radius 3 is 2.67 bits per heavy atom. The number of rotatable bonds is 5. The monoisotopic (exact) mass is 282 g/mol. The normalized spacial score (nSPS) is 11.9. The van der Waals surface area contributed by atoms with Crippen LogP contribution < -0.4 is 10.1 Å². The second-order valence-electron chi connectivity index (χ2n) is 4.05. The van der Waals surface area contributed by atoms with E-state index in [-0.39, 0.29) is 11.9 Å². The molecular weight excluding hydrogens is 269 g/mol. The van der Waals surface area contributed by atoms with Crippen LogP contribution in [0.1, 0.15) is 19.4 Å². The first-order valence-corrected chi connectivity index (χ1v) is 5.73. The van der Waals surface area contributed by atoms with Gasteiger partial charge in [-0.05, 0) is 5.56 Å². The van der Waals surface area contributed by atoms with Gasteiger partial charge in [0, 0.05) is 24.8 Å². The summed E-state index contributed by atoms with van der Waals surface area (Å²) in [5, 5.41) is 3.50. The van der Waals surface area contributed by atoms with Crippen LogP contribution in [0, 0.1) is 0 Å². The topological polar surface area (TPSA) is 34.1 Å². The van der Waals surface area contributed by atoms with Crippen LogP contribution in [0.3, 0.4) is 0 Å². The van der Waals surface area contributed by atoms with Crippen molar-refractivity contribution in [2.75, 3.05) is 6.61 Å². The minimum atomic E-state index is -4.38. The van der Waals surface area contributed by atoms with Crippen molar-refractivity contribution in [1.82, 2.24) is 10.3 Å². The van der Waals surface area contributed by atoms with Crippen molar-refractivity contribution >= 4 is 11.6 Å². The summed E-state index contributed by atoms with van der Waals surface area (Å²) in [7, 11) is 0. The predicted octanol–water partition coefficient (Wildman–Crippen LogP) is 3.17. The van der Waals surface area contributed by atoms with Gasteiger partial charge in [0.05, 0.1) is 5.02 Å². The Morgan fingerprint density at radius 1 is 1.44 bits per heavy atom. The van der Waals surface area contributed by atoms with E-state index in [2.05, 4.69) is 15.0 Å². The van der Waals surface area contributed by atoms with Crippen molar-refractivity contribution in [1.29, 1.82) is 0 Å². The molecule has 0 aliphatic heterocycles. The molecule has 7 heteroatoms.